The molecule has 34 heavy (non-hydrogen) atoms. The summed E-state index contributed by atoms with van der Waals surface area (Å²) in [5, 5.41) is 0.314. The van der Waals surface area contributed by atoms with Gasteiger partial charge in [-0.15, -0.1) is 0 Å². The lowest BCUT2D eigenvalue weighted by molar-refractivity contribution is 0.0746. The first-order valence-corrected chi connectivity index (χ1v) is 11.4. The molecular weight excluding hydrogens is 450 g/mol. The van der Waals surface area contributed by atoms with Gasteiger partial charge in [-0.1, -0.05) is 29.8 Å². The predicted molar refractivity (Wildman–Crippen MR) is 131 cm³/mol. The monoisotopic (exact) mass is 471 g/mol. The van der Waals surface area contributed by atoms with Crippen LogP contribution in [0.2, 0.25) is 5.15 Å². The molecule has 2 aromatic heterocycles. The van der Waals surface area contributed by atoms with Crippen molar-refractivity contribution in [3.05, 3.63) is 95.9 Å². The first-order valence-electron chi connectivity index (χ1n) is 11.0. The number of aromatic nitrogens is 3. The van der Waals surface area contributed by atoms with Crippen molar-refractivity contribution >= 4 is 23.5 Å². The van der Waals surface area contributed by atoms with Gasteiger partial charge in [0, 0.05) is 49.7 Å². The van der Waals surface area contributed by atoms with Crippen molar-refractivity contribution in [2.24, 2.45) is 0 Å². The van der Waals surface area contributed by atoms with Crippen LogP contribution in [-0.2, 0) is 0 Å². The molecule has 4 aromatic rings. The van der Waals surface area contributed by atoms with Gasteiger partial charge in [-0.25, -0.2) is 15.0 Å². The largest absolute Gasteiger partial charge is 0.457 e. The molecule has 0 atom stereocenters. The molecule has 3 heterocycles. The highest BCUT2D eigenvalue weighted by Gasteiger charge is 2.24. The quantitative estimate of drug-likeness (QED) is 0.384. The Morgan fingerprint density at radius 1 is 0.824 bits per heavy atom. The minimum atomic E-state index is -0.0450. The molecule has 0 saturated carbocycles. The molecule has 0 aliphatic carbocycles. The van der Waals surface area contributed by atoms with E-state index in [1.54, 1.807) is 24.5 Å². The number of halogens is 1. The molecule has 0 spiro atoms. The van der Waals surface area contributed by atoms with Crippen molar-refractivity contribution in [3.8, 4) is 22.8 Å². The van der Waals surface area contributed by atoms with E-state index in [2.05, 4.69) is 14.9 Å². The van der Waals surface area contributed by atoms with E-state index in [1.807, 2.05) is 65.6 Å². The number of amides is 1. The Hall–Kier alpha value is -3.97. The lowest BCUT2D eigenvalue weighted by Gasteiger charge is -2.34. The Kier molecular flexibility index (Phi) is 6.35. The van der Waals surface area contributed by atoms with Crippen LogP contribution in [-0.4, -0.2) is 51.9 Å². The van der Waals surface area contributed by atoms with Crippen molar-refractivity contribution in [3.63, 3.8) is 0 Å². The summed E-state index contributed by atoms with van der Waals surface area (Å²) in [7, 11) is 0. The summed E-state index contributed by atoms with van der Waals surface area (Å²) in [4.78, 5) is 29.8. The van der Waals surface area contributed by atoms with Crippen LogP contribution >= 0.6 is 11.6 Å². The second-order valence-corrected chi connectivity index (χ2v) is 8.22. The number of benzene rings is 2. The zero-order chi connectivity index (χ0) is 23.3. The van der Waals surface area contributed by atoms with Crippen molar-refractivity contribution < 1.29 is 9.53 Å². The van der Waals surface area contributed by atoms with Crippen molar-refractivity contribution in [1.29, 1.82) is 0 Å². The van der Waals surface area contributed by atoms with Crippen LogP contribution in [0.1, 0.15) is 10.4 Å². The highest BCUT2D eigenvalue weighted by molar-refractivity contribution is 6.29. The molecule has 0 N–H and O–H groups in total. The van der Waals surface area contributed by atoms with Gasteiger partial charge in [0.15, 0.2) is 0 Å². The Morgan fingerprint density at radius 3 is 2.26 bits per heavy atom. The first kappa shape index (κ1) is 21.9. The van der Waals surface area contributed by atoms with Gasteiger partial charge < -0.3 is 14.5 Å². The standard InChI is InChI=1S/C26H22ClN5O2/c27-24-18-20(10-12-28-24)25(33)31-14-16-32(17-15-31)26-29-13-11-23(30-26)19-6-8-22(9-7-19)34-21-4-2-1-3-5-21/h1-13,18H,14-17H2. The van der Waals surface area contributed by atoms with E-state index >= 15 is 0 Å². The summed E-state index contributed by atoms with van der Waals surface area (Å²) in [5.41, 5.74) is 2.36. The zero-order valence-corrected chi connectivity index (χ0v) is 19.1. The fourth-order valence-electron chi connectivity index (χ4n) is 3.81. The van der Waals surface area contributed by atoms with Crippen LogP contribution in [0.15, 0.2) is 85.2 Å². The van der Waals surface area contributed by atoms with E-state index in [1.165, 1.54) is 0 Å². The minimum Gasteiger partial charge on any atom is -0.457 e. The Balaban J connectivity index is 1.24. The highest BCUT2D eigenvalue weighted by Crippen LogP contribution is 2.26. The maximum Gasteiger partial charge on any atom is 0.254 e. The van der Waals surface area contributed by atoms with Gasteiger partial charge in [-0.05, 0) is 54.6 Å². The van der Waals surface area contributed by atoms with Gasteiger partial charge >= 0.3 is 0 Å². The van der Waals surface area contributed by atoms with Crippen LogP contribution in [0.4, 0.5) is 5.95 Å². The Morgan fingerprint density at radius 2 is 1.53 bits per heavy atom. The van der Waals surface area contributed by atoms with Gasteiger partial charge in [-0.3, -0.25) is 4.79 Å². The number of rotatable bonds is 5. The molecule has 1 aliphatic heterocycles. The fourth-order valence-corrected chi connectivity index (χ4v) is 3.98. The maximum absolute atomic E-state index is 12.8. The molecule has 1 fully saturated rings. The molecular formula is C26H22ClN5O2. The Bertz CT molecular complexity index is 1280. The molecule has 8 heteroatoms. The van der Waals surface area contributed by atoms with Gasteiger partial charge in [0.1, 0.15) is 16.7 Å². The summed E-state index contributed by atoms with van der Waals surface area (Å²) >= 11 is 5.93. The molecule has 7 nitrogen and oxygen atoms in total. The van der Waals surface area contributed by atoms with Gasteiger partial charge in [0.2, 0.25) is 5.95 Å². The summed E-state index contributed by atoms with van der Waals surface area (Å²) in [6, 6.07) is 22.7. The average molecular weight is 472 g/mol. The van der Waals surface area contributed by atoms with Crippen LogP contribution < -0.4 is 9.64 Å². The van der Waals surface area contributed by atoms with Gasteiger partial charge in [0.05, 0.1) is 5.69 Å². The van der Waals surface area contributed by atoms with E-state index < -0.39 is 0 Å². The molecule has 0 bridgehead atoms. The van der Waals surface area contributed by atoms with Gasteiger partial charge in [-0.2, -0.15) is 0 Å². The number of anilines is 1. The number of piperazine rings is 1. The normalized spacial score (nSPS) is 13.6. The van der Waals surface area contributed by atoms with Crippen LogP contribution in [0, 0.1) is 0 Å². The molecule has 0 radical (unpaired) electrons. The number of hydrogen-bond donors (Lipinski definition) is 0. The first-order chi connectivity index (χ1) is 16.7. The van der Waals surface area contributed by atoms with E-state index in [4.69, 9.17) is 21.3 Å². The lowest BCUT2D eigenvalue weighted by atomic mass is 10.1. The third kappa shape index (κ3) is 5.00. The van der Waals surface area contributed by atoms with Crippen LogP contribution in [0.5, 0.6) is 11.5 Å². The van der Waals surface area contributed by atoms with Crippen molar-refractivity contribution in [1.82, 2.24) is 19.9 Å². The van der Waals surface area contributed by atoms with E-state index in [0.29, 0.717) is 42.8 Å². The zero-order valence-electron chi connectivity index (χ0n) is 18.3. The summed E-state index contributed by atoms with van der Waals surface area (Å²) in [6.45, 7) is 2.46. The molecule has 2 aromatic carbocycles. The predicted octanol–water partition coefficient (Wildman–Crippen LogP) is 4.95. The van der Waals surface area contributed by atoms with E-state index in [0.717, 1.165) is 22.8 Å². The molecule has 1 saturated heterocycles. The van der Waals surface area contributed by atoms with Gasteiger partial charge in [0.25, 0.3) is 5.91 Å². The molecule has 0 unspecified atom stereocenters. The second kappa shape index (κ2) is 9.89. The number of carbonyl (C=O) groups is 1. The number of para-hydroxylation sites is 1. The maximum atomic E-state index is 12.8. The summed E-state index contributed by atoms with van der Waals surface area (Å²) in [5.74, 6) is 2.17. The molecule has 170 valence electrons. The number of nitrogens with zero attached hydrogens (tertiary/aromatic N) is 5. The van der Waals surface area contributed by atoms with Crippen molar-refractivity contribution in [2.45, 2.75) is 0 Å². The smallest absolute Gasteiger partial charge is 0.254 e. The highest BCUT2D eigenvalue weighted by atomic mass is 35.5. The molecule has 1 aliphatic rings. The second-order valence-electron chi connectivity index (χ2n) is 7.83. The van der Waals surface area contributed by atoms with Crippen LogP contribution in [0.25, 0.3) is 11.3 Å². The van der Waals surface area contributed by atoms with E-state index in [9.17, 15) is 4.79 Å². The number of pyridine rings is 1. The molecule has 1 amide bonds. The average Bonchev–Trinajstić information content (AvgIpc) is 2.89. The summed E-state index contributed by atoms with van der Waals surface area (Å²) < 4.78 is 5.87. The fraction of sp³-hybridized carbons (Fsp3) is 0.154. The molecule has 5 rings (SSSR count). The number of ether oxygens (including phenoxy) is 1. The number of carbonyl (C=O) groups excluding carboxylic acids is 1. The summed E-state index contributed by atoms with van der Waals surface area (Å²) in [6.07, 6.45) is 3.31. The third-order valence-electron chi connectivity index (χ3n) is 5.60. The topological polar surface area (TPSA) is 71.5 Å². The SMILES string of the molecule is O=C(c1ccnc(Cl)c1)N1CCN(c2nccc(-c3ccc(Oc4ccccc4)cc3)n2)CC1. The van der Waals surface area contributed by atoms with E-state index in [-0.39, 0.29) is 5.91 Å². The minimum absolute atomic E-state index is 0.0450. The third-order valence-corrected chi connectivity index (χ3v) is 5.80. The number of hydrogen-bond acceptors (Lipinski definition) is 6. The van der Waals surface area contributed by atoms with Crippen molar-refractivity contribution in [2.75, 3.05) is 31.1 Å². The lowest BCUT2D eigenvalue weighted by Crippen LogP contribution is -2.49. The van der Waals surface area contributed by atoms with Crippen LogP contribution in [0.3, 0.4) is 0 Å². The Labute approximate surface area is 202 Å².